The van der Waals surface area contributed by atoms with Crippen molar-refractivity contribution in [1.82, 2.24) is 14.5 Å². The summed E-state index contributed by atoms with van der Waals surface area (Å²) in [5.74, 6) is -0.0144. The van der Waals surface area contributed by atoms with Gasteiger partial charge < -0.3 is 20.3 Å². The molecule has 1 fully saturated rings. The molecule has 1 aliphatic rings. The minimum atomic E-state index is -4.43. The minimum Gasteiger partial charge on any atom is -0.376 e. The number of hydrogen-bond acceptors (Lipinski definition) is 5. The van der Waals surface area contributed by atoms with Crippen LogP contribution in [0.25, 0.3) is 11.0 Å². The Kier molecular flexibility index (Phi) is 5.09. The molecular formula is C16H21F4N5O. The van der Waals surface area contributed by atoms with Crippen LogP contribution in [0.15, 0.2) is 18.2 Å². The van der Waals surface area contributed by atoms with Crippen LogP contribution in [0.2, 0.25) is 0 Å². The van der Waals surface area contributed by atoms with Gasteiger partial charge >= 0.3 is 6.18 Å². The number of aliphatic hydroxyl groups is 1. The van der Waals surface area contributed by atoms with Crippen molar-refractivity contribution < 1.29 is 22.7 Å². The van der Waals surface area contributed by atoms with Crippen LogP contribution in [0, 0.1) is 5.82 Å². The van der Waals surface area contributed by atoms with E-state index < -0.39 is 24.8 Å². The average molecular weight is 375 g/mol. The molecule has 6 nitrogen and oxygen atoms in total. The molecule has 1 aromatic carbocycles. The standard InChI is InChI=1S/C16H21F4N5O/c1-23(9-16(18,19)20)14(26)8-25-13-6-10(17)2-3-12(13)22-15(25)24-5-4-11(21)7-24/h2-3,6,11,14,26H,4-5,7-9,21H2,1H3/t11-,14?/m1/s1. The van der Waals surface area contributed by atoms with E-state index in [0.29, 0.717) is 30.1 Å². The van der Waals surface area contributed by atoms with Crippen molar-refractivity contribution in [3.63, 3.8) is 0 Å². The number of aliphatic hydroxyl groups excluding tert-OH is 1. The Morgan fingerprint density at radius 3 is 2.77 bits per heavy atom. The molecule has 0 radical (unpaired) electrons. The number of aromatic nitrogens is 2. The second-order valence-electron chi connectivity index (χ2n) is 6.66. The van der Waals surface area contributed by atoms with Gasteiger partial charge in [0.25, 0.3) is 0 Å². The molecule has 2 heterocycles. The van der Waals surface area contributed by atoms with Gasteiger partial charge in [-0.15, -0.1) is 0 Å². The molecule has 2 aromatic rings. The molecule has 0 saturated carbocycles. The Balaban J connectivity index is 1.93. The van der Waals surface area contributed by atoms with Gasteiger partial charge in [-0.25, -0.2) is 9.37 Å². The smallest absolute Gasteiger partial charge is 0.376 e. The van der Waals surface area contributed by atoms with Crippen molar-refractivity contribution in [3.05, 3.63) is 24.0 Å². The third-order valence-corrected chi connectivity index (χ3v) is 4.48. The lowest BCUT2D eigenvalue weighted by Crippen LogP contribution is -2.41. The minimum absolute atomic E-state index is 0.0298. The van der Waals surface area contributed by atoms with Gasteiger partial charge in [0.2, 0.25) is 5.95 Å². The zero-order valence-electron chi connectivity index (χ0n) is 14.2. The van der Waals surface area contributed by atoms with Gasteiger partial charge in [-0.05, 0) is 31.7 Å². The van der Waals surface area contributed by atoms with Gasteiger partial charge in [0.1, 0.15) is 12.0 Å². The van der Waals surface area contributed by atoms with Crippen LogP contribution in [-0.2, 0) is 6.54 Å². The summed E-state index contributed by atoms with van der Waals surface area (Å²) in [5, 5.41) is 10.2. The Morgan fingerprint density at radius 2 is 2.15 bits per heavy atom. The maximum atomic E-state index is 13.7. The summed E-state index contributed by atoms with van der Waals surface area (Å²) in [6, 6.07) is 4.01. The third-order valence-electron chi connectivity index (χ3n) is 4.48. The molecule has 0 bridgehead atoms. The normalized spacial score (nSPS) is 19.7. The third kappa shape index (κ3) is 4.08. The first-order valence-electron chi connectivity index (χ1n) is 8.25. The average Bonchev–Trinajstić information content (AvgIpc) is 3.10. The summed E-state index contributed by atoms with van der Waals surface area (Å²) in [7, 11) is 1.18. The number of alkyl halides is 3. The highest BCUT2D eigenvalue weighted by molar-refractivity contribution is 5.79. The molecular weight excluding hydrogens is 354 g/mol. The van der Waals surface area contributed by atoms with Gasteiger partial charge in [-0.2, -0.15) is 13.2 Å². The van der Waals surface area contributed by atoms with Gasteiger partial charge in [0.05, 0.1) is 24.1 Å². The lowest BCUT2D eigenvalue weighted by atomic mass is 10.3. The molecule has 1 aliphatic heterocycles. The number of fused-ring (bicyclic) bond motifs is 1. The van der Waals surface area contributed by atoms with Gasteiger partial charge in [-0.3, -0.25) is 4.90 Å². The maximum Gasteiger partial charge on any atom is 0.401 e. The topological polar surface area (TPSA) is 70.5 Å². The number of halogens is 4. The second kappa shape index (κ2) is 7.01. The van der Waals surface area contributed by atoms with Crippen molar-refractivity contribution >= 4 is 17.0 Å². The van der Waals surface area contributed by atoms with E-state index in [0.717, 1.165) is 11.3 Å². The highest BCUT2D eigenvalue weighted by Crippen LogP contribution is 2.27. The number of imidazole rings is 1. The van der Waals surface area contributed by atoms with Crippen LogP contribution >= 0.6 is 0 Å². The highest BCUT2D eigenvalue weighted by Gasteiger charge is 2.32. The van der Waals surface area contributed by atoms with Gasteiger partial charge in [0.15, 0.2) is 0 Å². The molecule has 1 saturated heterocycles. The number of rotatable bonds is 5. The molecule has 144 valence electrons. The quantitative estimate of drug-likeness (QED) is 0.613. The van der Waals surface area contributed by atoms with Crippen molar-refractivity contribution in [2.45, 2.75) is 31.4 Å². The number of benzene rings is 1. The highest BCUT2D eigenvalue weighted by atomic mass is 19.4. The summed E-state index contributed by atoms with van der Waals surface area (Å²) < 4.78 is 53.0. The van der Waals surface area contributed by atoms with E-state index in [4.69, 9.17) is 5.73 Å². The Morgan fingerprint density at radius 1 is 1.42 bits per heavy atom. The molecule has 0 spiro atoms. The first-order valence-corrected chi connectivity index (χ1v) is 8.25. The van der Waals surface area contributed by atoms with Gasteiger partial charge in [-0.1, -0.05) is 0 Å². The van der Waals surface area contributed by atoms with Crippen molar-refractivity contribution in [1.29, 1.82) is 0 Å². The number of likely N-dealkylation sites (N-methyl/N-ethyl adjacent to an activating group) is 1. The second-order valence-corrected chi connectivity index (χ2v) is 6.66. The first kappa shape index (κ1) is 18.9. The zero-order chi connectivity index (χ0) is 19.1. The van der Waals surface area contributed by atoms with Crippen LogP contribution in [0.5, 0.6) is 0 Å². The zero-order valence-corrected chi connectivity index (χ0v) is 14.2. The summed E-state index contributed by atoms with van der Waals surface area (Å²) in [6.45, 7) is -0.242. The van der Waals surface area contributed by atoms with E-state index in [-0.39, 0.29) is 12.6 Å². The van der Waals surface area contributed by atoms with Crippen LogP contribution in [0.3, 0.4) is 0 Å². The van der Waals surface area contributed by atoms with E-state index in [1.807, 2.05) is 4.90 Å². The fraction of sp³-hybridized carbons (Fsp3) is 0.562. The molecule has 10 heteroatoms. The molecule has 0 aliphatic carbocycles. The number of anilines is 1. The van der Waals surface area contributed by atoms with Crippen LogP contribution in [0.1, 0.15) is 6.42 Å². The maximum absolute atomic E-state index is 13.7. The van der Waals surface area contributed by atoms with E-state index >= 15 is 0 Å². The predicted octanol–water partition coefficient (Wildman–Crippen LogP) is 1.53. The summed E-state index contributed by atoms with van der Waals surface area (Å²) in [6.07, 6.45) is -5.08. The lowest BCUT2D eigenvalue weighted by Gasteiger charge is -2.27. The number of nitrogens with zero attached hydrogens (tertiary/aromatic N) is 4. The van der Waals surface area contributed by atoms with Crippen molar-refractivity contribution in [2.24, 2.45) is 5.73 Å². The summed E-state index contributed by atoms with van der Waals surface area (Å²) in [5.41, 5.74) is 6.85. The van der Waals surface area contributed by atoms with Crippen LogP contribution < -0.4 is 10.6 Å². The van der Waals surface area contributed by atoms with Gasteiger partial charge in [0, 0.05) is 19.1 Å². The number of hydrogen-bond donors (Lipinski definition) is 2. The van der Waals surface area contributed by atoms with Crippen LogP contribution in [-0.4, -0.2) is 64.7 Å². The molecule has 3 rings (SSSR count). The molecule has 0 amide bonds. The molecule has 26 heavy (non-hydrogen) atoms. The van der Waals surface area contributed by atoms with E-state index in [9.17, 15) is 22.7 Å². The van der Waals surface area contributed by atoms with E-state index in [1.165, 1.54) is 25.2 Å². The Hall–Kier alpha value is -1.91. The fourth-order valence-corrected chi connectivity index (χ4v) is 3.16. The van der Waals surface area contributed by atoms with E-state index in [1.54, 1.807) is 4.57 Å². The molecule has 2 atom stereocenters. The van der Waals surface area contributed by atoms with E-state index in [2.05, 4.69) is 4.98 Å². The molecule has 1 unspecified atom stereocenters. The van der Waals surface area contributed by atoms with Crippen molar-refractivity contribution in [2.75, 3.05) is 31.6 Å². The van der Waals surface area contributed by atoms with Crippen molar-refractivity contribution in [3.8, 4) is 0 Å². The predicted molar refractivity (Wildman–Crippen MR) is 89.2 cm³/mol. The summed E-state index contributed by atoms with van der Waals surface area (Å²) >= 11 is 0. The number of nitrogens with two attached hydrogens (primary N) is 1. The lowest BCUT2D eigenvalue weighted by molar-refractivity contribution is -0.162. The molecule has 1 aromatic heterocycles. The summed E-state index contributed by atoms with van der Waals surface area (Å²) in [4.78, 5) is 7.17. The monoisotopic (exact) mass is 375 g/mol. The van der Waals surface area contributed by atoms with Crippen LogP contribution in [0.4, 0.5) is 23.5 Å². The first-order chi connectivity index (χ1) is 12.1. The Labute approximate surface area is 147 Å². The Bertz CT molecular complexity index is 778. The molecule has 3 N–H and O–H groups in total. The SMILES string of the molecule is CN(CC(F)(F)F)C(O)Cn1c(N2CC[C@@H](N)C2)nc2ccc(F)cc21. The largest absolute Gasteiger partial charge is 0.401 e. The fourth-order valence-electron chi connectivity index (χ4n) is 3.16.